The zero-order valence-corrected chi connectivity index (χ0v) is 21.9. The predicted octanol–water partition coefficient (Wildman–Crippen LogP) is 5.00. The highest BCUT2D eigenvalue weighted by Gasteiger charge is 2.32. The van der Waals surface area contributed by atoms with E-state index >= 15 is 4.39 Å². The second-order valence-corrected chi connectivity index (χ2v) is 10.7. The van der Waals surface area contributed by atoms with Crippen molar-refractivity contribution in [3.8, 4) is 11.3 Å². The molecule has 0 N–H and O–H groups in total. The van der Waals surface area contributed by atoms with Gasteiger partial charge in [0.25, 0.3) is 0 Å². The molecule has 1 aromatic carbocycles. The van der Waals surface area contributed by atoms with Gasteiger partial charge in [-0.25, -0.2) is 9.37 Å². The van der Waals surface area contributed by atoms with Crippen molar-refractivity contribution in [1.29, 1.82) is 0 Å². The Morgan fingerprint density at radius 3 is 2.81 bits per heavy atom. The number of fused-ring (bicyclic) bond motifs is 1. The van der Waals surface area contributed by atoms with E-state index in [1.807, 2.05) is 22.4 Å². The van der Waals surface area contributed by atoms with Gasteiger partial charge in [-0.1, -0.05) is 22.9 Å². The third kappa shape index (κ3) is 4.21. The number of rotatable bonds is 5. The lowest BCUT2D eigenvalue weighted by Crippen LogP contribution is -2.43. The molecular formula is C25H27ClFN7OS. The summed E-state index contributed by atoms with van der Waals surface area (Å²) in [6.07, 6.45) is 6.16. The molecule has 4 aromatic rings. The van der Waals surface area contributed by atoms with Crippen LogP contribution in [0.25, 0.3) is 21.6 Å². The number of benzene rings is 1. The van der Waals surface area contributed by atoms with E-state index in [0.29, 0.717) is 47.9 Å². The topological polar surface area (TPSA) is 73.4 Å². The van der Waals surface area contributed by atoms with Crippen molar-refractivity contribution in [3.05, 3.63) is 51.8 Å². The fourth-order valence-corrected chi connectivity index (χ4v) is 6.01. The van der Waals surface area contributed by atoms with Crippen LogP contribution in [0.5, 0.6) is 0 Å². The minimum Gasteiger partial charge on any atom is -0.367 e. The standard InChI is InChI=1S/C25H27ClFN7OS/c1-4-33-23-22(36-25(33)28-3)21(18-8-5-16(26)9-19(18)27)30-24(31-23)32-11-14(2)35-20(13-32)15-10-29-34(12-15)17-6-7-17/h5,8-10,12,14,17,20H,4,6-7,11,13H2,1-3H3/b28-25-/t14-,20-/m1/s1. The molecule has 0 spiro atoms. The van der Waals surface area contributed by atoms with Crippen molar-refractivity contribution in [1.82, 2.24) is 24.3 Å². The Labute approximate surface area is 217 Å². The first kappa shape index (κ1) is 23.6. The second kappa shape index (κ2) is 9.24. The highest BCUT2D eigenvalue weighted by molar-refractivity contribution is 7.16. The second-order valence-electron chi connectivity index (χ2n) is 9.33. The summed E-state index contributed by atoms with van der Waals surface area (Å²) < 4.78 is 26.3. The first-order chi connectivity index (χ1) is 17.4. The number of morpholine rings is 1. The zero-order valence-electron chi connectivity index (χ0n) is 20.4. The summed E-state index contributed by atoms with van der Waals surface area (Å²) in [5.74, 6) is 0.129. The molecule has 2 atom stereocenters. The van der Waals surface area contributed by atoms with Crippen LogP contribution in [0.3, 0.4) is 0 Å². The summed E-state index contributed by atoms with van der Waals surface area (Å²) in [6, 6.07) is 5.20. The number of aryl methyl sites for hydroxylation is 1. The molecule has 3 aromatic heterocycles. The highest BCUT2D eigenvalue weighted by atomic mass is 35.5. The summed E-state index contributed by atoms with van der Waals surface area (Å²) >= 11 is 7.51. The van der Waals surface area contributed by atoms with Crippen molar-refractivity contribution >= 4 is 39.2 Å². The lowest BCUT2D eigenvalue weighted by atomic mass is 10.1. The van der Waals surface area contributed by atoms with Gasteiger partial charge in [0.05, 0.1) is 30.6 Å². The first-order valence-corrected chi connectivity index (χ1v) is 13.4. The fraction of sp³-hybridized carbons (Fsp3) is 0.440. The van der Waals surface area contributed by atoms with Crippen molar-refractivity contribution in [2.24, 2.45) is 4.99 Å². The minimum absolute atomic E-state index is 0.0370. The van der Waals surface area contributed by atoms with Crippen LogP contribution in [0, 0.1) is 5.82 Å². The maximum absolute atomic E-state index is 15.1. The number of ether oxygens (including phenoxy) is 1. The molecule has 188 valence electrons. The molecule has 8 nitrogen and oxygen atoms in total. The van der Waals surface area contributed by atoms with Crippen molar-refractivity contribution < 1.29 is 9.13 Å². The van der Waals surface area contributed by atoms with Crippen LogP contribution in [-0.2, 0) is 11.3 Å². The van der Waals surface area contributed by atoms with Crippen LogP contribution in [0.1, 0.15) is 44.4 Å². The summed E-state index contributed by atoms with van der Waals surface area (Å²) in [5, 5.41) is 4.89. The molecule has 0 amide bonds. The Balaban J connectivity index is 1.46. The molecule has 1 aliphatic heterocycles. The quantitative estimate of drug-likeness (QED) is 0.365. The van der Waals surface area contributed by atoms with Gasteiger partial charge in [-0.3, -0.25) is 9.67 Å². The third-order valence-corrected chi connectivity index (χ3v) is 8.07. The molecule has 2 fully saturated rings. The van der Waals surface area contributed by atoms with Crippen LogP contribution in [0.15, 0.2) is 35.6 Å². The number of nitrogens with zero attached hydrogens (tertiary/aromatic N) is 7. The molecule has 1 saturated heterocycles. The van der Waals surface area contributed by atoms with Crippen LogP contribution in [-0.4, -0.2) is 50.6 Å². The first-order valence-electron chi connectivity index (χ1n) is 12.2. The monoisotopic (exact) mass is 527 g/mol. The van der Waals surface area contributed by atoms with Gasteiger partial charge < -0.3 is 14.2 Å². The Bertz CT molecular complexity index is 1510. The van der Waals surface area contributed by atoms with Gasteiger partial charge in [0.2, 0.25) is 5.95 Å². The van der Waals surface area contributed by atoms with Crippen LogP contribution >= 0.6 is 22.9 Å². The van der Waals surface area contributed by atoms with Crippen LogP contribution in [0.4, 0.5) is 10.3 Å². The van der Waals surface area contributed by atoms with Gasteiger partial charge in [0.1, 0.15) is 16.6 Å². The summed E-state index contributed by atoms with van der Waals surface area (Å²) in [6.45, 7) is 6.00. The largest absolute Gasteiger partial charge is 0.367 e. The van der Waals surface area contributed by atoms with Gasteiger partial charge in [0.15, 0.2) is 10.4 Å². The molecule has 0 radical (unpaired) electrons. The van der Waals surface area contributed by atoms with Gasteiger partial charge in [-0.05, 0) is 44.9 Å². The zero-order chi connectivity index (χ0) is 25.0. The number of anilines is 1. The van der Waals surface area contributed by atoms with Gasteiger partial charge in [-0.2, -0.15) is 10.1 Å². The van der Waals surface area contributed by atoms with E-state index in [1.165, 1.54) is 30.2 Å². The maximum atomic E-state index is 15.1. The Morgan fingerprint density at radius 1 is 1.25 bits per heavy atom. The Morgan fingerprint density at radius 2 is 2.08 bits per heavy atom. The average molecular weight is 528 g/mol. The molecule has 0 bridgehead atoms. The van der Waals surface area contributed by atoms with E-state index in [0.717, 1.165) is 20.7 Å². The minimum atomic E-state index is -0.416. The summed E-state index contributed by atoms with van der Waals surface area (Å²) in [7, 11) is 1.75. The predicted molar refractivity (Wildman–Crippen MR) is 139 cm³/mol. The Kier molecular flexibility index (Phi) is 6.05. The number of halogens is 2. The summed E-state index contributed by atoms with van der Waals surface area (Å²) in [4.78, 5) is 17.3. The molecule has 0 unspecified atom stereocenters. The van der Waals surface area contributed by atoms with Crippen LogP contribution < -0.4 is 9.70 Å². The number of thiazole rings is 1. The van der Waals surface area contributed by atoms with E-state index in [9.17, 15) is 0 Å². The molecule has 1 aliphatic carbocycles. The lowest BCUT2D eigenvalue weighted by molar-refractivity contribution is -0.0178. The van der Waals surface area contributed by atoms with Crippen LogP contribution in [0.2, 0.25) is 5.02 Å². The van der Waals surface area contributed by atoms with Gasteiger partial charge in [0, 0.05) is 42.5 Å². The van der Waals surface area contributed by atoms with Crippen molar-refractivity contribution in [2.45, 2.75) is 51.5 Å². The molecule has 11 heteroatoms. The lowest BCUT2D eigenvalue weighted by Gasteiger charge is -2.36. The SMILES string of the molecule is CCn1/c(=N/C)sc2c(-c3ccc(Cl)cc3F)nc(N3C[C@@H](C)O[C@@H](c4cnn(C5CC5)c4)C3)nc21. The normalized spacial score (nSPS) is 21.0. The van der Waals surface area contributed by atoms with E-state index in [-0.39, 0.29) is 12.2 Å². The summed E-state index contributed by atoms with van der Waals surface area (Å²) in [5.41, 5.74) is 2.73. The number of hydrogen-bond acceptors (Lipinski definition) is 7. The smallest absolute Gasteiger partial charge is 0.228 e. The van der Waals surface area contributed by atoms with Gasteiger partial charge in [-0.15, -0.1) is 0 Å². The van der Waals surface area contributed by atoms with E-state index in [2.05, 4.69) is 28.1 Å². The van der Waals surface area contributed by atoms with Gasteiger partial charge >= 0.3 is 0 Å². The highest BCUT2D eigenvalue weighted by Crippen LogP contribution is 2.37. The number of aromatic nitrogens is 5. The molecule has 6 rings (SSSR count). The Hall–Kier alpha value is -2.82. The molecule has 4 heterocycles. The average Bonchev–Trinajstić information content (AvgIpc) is 3.47. The van der Waals surface area contributed by atoms with E-state index in [1.54, 1.807) is 19.2 Å². The molecular weight excluding hydrogens is 501 g/mol. The van der Waals surface area contributed by atoms with E-state index in [4.69, 9.17) is 26.3 Å². The third-order valence-electron chi connectivity index (χ3n) is 6.67. The van der Waals surface area contributed by atoms with Crippen molar-refractivity contribution in [2.75, 3.05) is 25.0 Å². The number of hydrogen-bond donors (Lipinski definition) is 0. The van der Waals surface area contributed by atoms with Crippen molar-refractivity contribution in [3.63, 3.8) is 0 Å². The maximum Gasteiger partial charge on any atom is 0.228 e. The molecule has 1 saturated carbocycles. The molecule has 2 aliphatic rings. The fourth-order valence-electron chi connectivity index (χ4n) is 4.75. The molecule has 36 heavy (non-hydrogen) atoms. The van der Waals surface area contributed by atoms with E-state index < -0.39 is 5.82 Å².